The molecule has 2 aromatic rings. The lowest BCUT2D eigenvalue weighted by Gasteiger charge is -2.22. The van der Waals surface area contributed by atoms with E-state index >= 15 is 0 Å². The van der Waals surface area contributed by atoms with E-state index < -0.39 is 30.0 Å². The van der Waals surface area contributed by atoms with Crippen LogP contribution in [0.25, 0.3) is 11.1 Å². The Balaban J connectivity index is 1.72. The zero-order chi connectivity index (χ0) is 21.2. The summed E-state index contributed by atoms with van der Waals surface area (Å²) < 4.78 is 16.7. The second-order valence-electron chi connectivity index (χ2n) is 7.50. The summed E-state index contributed by atoms with van der Waals surface area (Å²) in [6.07, 6.45) is -0.903. The Hall–Kier alpha value is -1.63. The third kappa shape index (κ3) is 5.50. The number of carbonyl (C=O) groups excluding carboxylic acids is 1. The molecule has 7 heteroatoms. The van der Waals surface area contributed by atoms with E-state index in [0.29, 0.717) is 16.5 Å². The van der Waals surface area contributed by atoms with Crippen molar-refractivity contribution in [1.82, 2.24) is 0 Å². The molecule has 1 aliphatic heterocycles. The number of halogens is 2. The Morgan fingerprint density at radius 1 is 1.10 bits per heavy atom. The van der Waals surface area contributed by atoms with Gasteiger partial charge < -0.3 is 19.9 Å². The molecule has 0 amide bonds. The molecular formula is C22H25Cl2NO4. The lowest BCUT2D eigenvalue weighted by molar-refractivity contribution is -0.170. The first-order chi connectivity index (χ1) is 13.7. The topological polar surface area (TPSA) is 70.8 Å². The van der Waals surface area contributed by atoms with Crippen molar-refractivity contribution < 1.29 is 19.0 Å². The van der Waals surface area contributed by atoms with Gasteiger partial charge >= 0.3 is 5.97 Å². The van der Waals surface area contributed by atoms with Crippen molar-refractivity contribution in [1.29, 1.82) is 0 Å². The summed E-state index contributed by atoms with van der Waals surface area (Å²) in [5.41, 5.74) is 9.35. The van der Waals surface area contributed by atoms with Crippen LogP contribution in [0.4, 0.5) is 0 Å². The number of ether oxygens (including phenoxy) is 3. The van der Waals surface area contributed by atoms with Gasteiger partial charge in [-0.25, -0.2) is 4.79 Å². The van der Waals surface area contributed by atoms with Crippen LogP contribution in [0.2, 0.25) is 10.0 Å². The van der Waals surface area contributed by atoms with E-state index in [1.54, 1.807) is 26.8 Å². The fourth-order valence-corrected chi connectivity index (χ4v) is 3.98. The number of rotatable bonds is 6. The van der Waals surface area contributed by atoms with Gasteiger partial charge in [0.1, 0.15) is 6.10 Å². The molecule has 0 spiro atoms. The van der Waals surface area contributed by atoms with Gasteiger partial charge in [0, 0.05) is 16.1 Å². The molecule has 156 valence electrons. The highest BCUT2D eigenvalue weighted by Crippen LogP contribution is 2.32. The minimum atomic E-state index is -0.893. The van der Waals surface area contributed by atoms with Crippen molar-refractivity contribution in [3.05, 3.63) is 58.1 Å². The molecule has 2 N–H and O–H groups in total. The van der Waals surface area contributed by atoms with E-state index in [9.17, 15) is 4.79 Å². The van der Waals surface area contributed by atoms with E-state index in [1.807, 2.05) is 36.4 Å². The first-order valence-electron chi connectivity index (χ1n) is 9.52. The minimum Gasteiger partial charge on any atom is -0.464 e. The minimum absolute atomic E-state index is 0.274. The van der Waals surface area contributed by atoms with Gasteiger partial charge in [0.2, 0.25) is 0 Å². The second-order valence-corrected chi connectivity index (χ2v) is 8.37. The van der Waals surface area contributed by atoms with Gasteiger partial charge in [-0.05, 0) is 62.1 Å². The van der Waals surface area contributed by atoms with Gasteiger partial charge in [0.05, 0.1) is 6.61 Å². The van der Waals surface area contributed by atoms with Crippen molar-refractivity contribution in [3.8, 4) is 11.1 Å². The van der Waals surface area contributed by atoms with E-state index in [-0.39, 0.29) is 6.61 Å². The molecule has 5 nitrogen and oxygen atoms in total. The van der Waals surface area contributed by atoms with Crippen molar-refractivity contribution in [3.63, 3.8) is 0 Å². The lowest BCUT2D eigenvalue weighted by atomic mass is 9.96. The van der Waals surface area contributed by atoms with Gasteiger partial charge in [-0.2, -0.15) is 0 Å². The molecule has 0 radical (unpaired) electrons. The first-order valence-corrected chi connectivity index (χ1v) is 10.3. The summed E-state index contributed by atoms with van der Waals surface area (Å²) >= 11 is 12.2. The summed E-state index contributed by atoms with van der Waals surface area (Å²) in [7, 11) is 0. The number of hydrogen-bond donors (Lipinski definition) is 1. The van der Waals surface area contributed by atoms with Crippen LogP contribution < -0.4 is 5.73 Å². The van der Waals surface area contributed by atoms with Crippen molar-refractivity contribution in [2.75, 3.05) is 6.61 Å². The van der Waals surface area contributed by atoms with E-state index in [4.69, 9.17) is 43.1 Å². The largest absolute Gasteiger partial charge is 0.464 e. The average molecular weight is 438 g/mol. The lowest BCUT2D eigenvalue weighted by Crippen LogP contribution is -2.46. The number of benzene rings is 2. The second kappa shape index (κ2) is 9.02. The van der Waals surface area contributed by atoms with Crippen molar-refractivity contribution in [2.45, 2.75) is 51.2 Å². The maximum atomic E-state index is 12.3. The molecule has 0 unspecified atom stereocenters. The number of hydrogen-bond acceptors (Lipinski definition) is 5. The Morgan fingerprint density at radius 3 is 2.31 bits per heavy atom. The third-order valence-electron chi connectivity index (χ3n) is 4.69. The van der Waals surface area contributed by atoms with Crippen LogP contribution in [0.3, 0.4) is 0 Å². The predicted octanol–water partition coefficient (Wildman–Crippen LogP) is 4.61. The summed E-state index contributed by atoms with van der Waals surface area (Å²) in [5, 5.41) is 1.18. The molecule has 0 aliphatic carbocycles. The molecule has 1 fully saturated rings. The standard InChI is InChI=1S/C22H25Cl2NO4/c1-4-27-21(26)20-19(28-22(2,3)29-20)18(25)9-13-5-7-14(8-6-13)15-10-16(23)12-17(24)11-15/h5-8,10-12,18-20H,4,9,25H2,1-3H3/t18-,19+,20+/m1/s1. The molecule has 2 aromatic carbocycles. The Kier molecular flexibility index (Phi) is 6.87. The average Bonchev–Trinajstić information content (AvgIpc) is 2.98. The van der Waals surface area contributed by atoms with Gasteiger partial charge in [-0.1, -0.05) is 47.5 Å². The highest BCUT2D eigenvalue weighted by Gasteiger charge is 2.48. The molecule has 3 rings (SSSR count). The van der Waals surface area contributed by atoms with Crippen LogP contribution in [0.15, 0.2) is 42.5 Å². The predicted molar refractivity (Wildman–Crippen MR) is 114 cm³/mol. The molecule has 0 saturated carbocycles. The fourth-order valence-electron chi connectivity index (χ4n) is 3.45. The molecule has 1 heterocycles. The van der Waals surface area contributed by atoms with Crippen LogP contribution in [0.5, 0.6) is 0 Å². The van der Waals surface area contributed by atoms with Crippen molar-refractivity contribution >= 4 is 29.2 Å². The smallest absolute Gasteiger partial charge is 0.338 e. The van der Waals surface area contributed by atoms with Crippen LogP contribution in [0.1, 0.15) is 26.3 Å². The van der Waals surface area contributed by atoms with Crippen LogP contribution in [-0.2, 0) is 25.4 Å². The molecule has 29 heavy (non-hydrogen) atoms. The van der Waals surface area contributed by atoms with Gasteiger partial charge in [-0.15, -0.1) is 0 Å². The zero-order valence-corrected chi connectivity index (χ0v) is 18.2. The molecule has 0 bridgehead atoms. The highest BCUT2D eigenvalue weighted by molar-refractivity contribution is 6.35. The van der Waals surface area contributed by atoms with Crippen LogP contribution in [-0.4, -0.2) is 36.6 Å². The molecular weight excluding hydrogens is 413 g/mol. The van der Waals surface area contributed by atoms with Crippen LogP contribution >= 0.6 is 23.2 Å². The number of carbonyl (C=O) groups is 1. The van der Waals surface area contributed by atoms with Gasteiger partial charge in [0.15, 0.2) is 11.9 Å². The quantitative estimate of drug-likeness (QED) is 0.667. The summed E-state index contributed by atoms with van der Waals surface area (Å²) in [4.78, 5) is 12.3. The third-order valence-corrected chi connectivity index (χ3v) is 5.13. The number of esters is 1. The molecule has 1 aliphatic rings. The normalized spacial score (nSPS) is 21.7. The van der Waals surface area contributed by atoms with Crippen molar-refractivity contribution in [2.24, 2.45) is 5.73 Å². The Bertz CT molecular complexity index is 849. The van der Waals surface area contributed by atoms with E-state index in [0.717, 1.165) is 16.7 Å². The highest BCUT2D eigenvalue weighted by atomic mass is 35.5. The van der Waals surface area contributed by atoms with E-state index in [1.165, 1.54) is 0 Å². The molecule has 3 atom stereocenters. The van der Waals surface area contributed by atoms with Gasteiger partial charge in [-0.3, -0.25) is 0 Å². The zero-order valence-electron chi connectivity index (χ0n) is 16.7. The van der Waals surface area contributed by atoms with E-state index in [2.05, 4.69) is 0 Å². The summed E-state index contributed by atoms with van der Waals surface area (Å²) in [6.45, 7) is 5.55. The number of nitrogens with two attached hydrogens (primary N) is 1. The summed E-state index contributed by atoms with van der Waals surface area (Å²) in [6, 6.07) is 13.0. The molecule has 1 saturated heterocycles. The van der Waals surface area contributed by atoms with Crippen LogP contribution in [0, 0.1) is 0 Å². The maximum absolute atomic E-state index is 12.3. The Labute approximate surface area is 181 Å². The molecule has 0 aromatic heterocycles. The monoisotopic (exact) mass is 437 g/mol. The Morgan fingerprint density at radius 2 is 1.72 bits per heavy atom. The first kappa shape index (κ1) is 22.1. The maximum Gasteiger partial charge on any atom is 0.338 e. The SMILES string of the molecule is CCOC(=O)[C@H]1OC(C)(C)O[C@H]1[C@H](N)Cc1ccc(-c2cc(Cl)cc(Cl)c2)cc1. The summed E-state index contributed by atoms with van der Waals surface area (Å²) in [5.74, 6) is -1.35. The fraction of sp³-hybridized carbons (Fsp3) is 0.409. The van der Waals surface area contributed by atoms with Gasteiger partial charge in [0.25, 0.3) is 0 Å².